The van der Waals surface area contributed by atoms with Gasteiger partial charge in [0.15, 0.2) is 4.77 Å². The van der Waals surface area contributed by atoms with Crippen molar-refractivity contribution >= 4 is 24.0 Å². The number of aromatic amines is 1. The van der Waals surface area contributed by atoms with E-state index >= 15 is 0 Å². The Bertz CT molecular complexity index is 386. The molecule has 1 saturated heterocycles. The fourth-order valence-electron chi connectivity index (χ4n) is 2.19. The van der Waals surface area contributed by atoms with Gasteiger partial charge >= 0.3 is 0 Å². The van der Waals surface area contributed by atoms with Crippen molar-refractivity contribution in [3.8, 4) is 0 Å². The van der Waals surface area contributed by atoms with Crippen LogP contribution in [0.4, 0.5) is 0 Å². The summed E-state index contributed by atoms with van der Waals surface area (Å²) in [5, 5.41) is 0. The third-order valence-electron chi connectivity index (χ3n) is 3.11. The lowest BCUT2D eigenvalue weighted by molar-refractivity contribution is 0.497. The molecule has 1 unspecified atom stereocenters. The summed E-state index contributed by atoms with van der Waals surface area (Å²) >= 11 is 7.41. The maximum absolute atomic E-state index is 5.32. The Balaban J connectivity index is 2.22. The molecule has 0 radical (unpaired) electrons. The zero-order chi connectivity index (χ0) is 10.9. The van der Waals surface area contributed by atoms with E-state index in [9.17, 15) is 0 Å². The van der Waals surface area contributed by atoms with Crippen molar-refractivity contribution in [3.05, 3.63) is 16.7 Å². The lowest BCUT2D eigenvalue weighted by atomic mass is 10.1. The Morgan fingerprint density at radius 2 is 2.47 bits per heavy atom. The Hall–Kier alpha value is -0.220. The number of aromatic nitrogens is 2. The first-order valence-corrected chi connectivity index (χ1v) is 6.95. The summed E-state index contributed by atoms with van der Waals surface area (Å²) in [6.45, 7) is 5.60. The van der Waals surface area contributed by atoms with Crippen LogP contribution in [-0.2, 0) is 13.0 Å². The molecule has 0 saturated carbocycles. The number of aryl methyl sites for hydroxylation is 1. The molecule has 0 amide bonds. The van der Waals surface area contributed by atoms with Gasteiger partial charge in [-0.2, -0.15) is 11.8 Å². The molecule has 4 heteroatoms. The molecular weight excluding hydrogens is 224 g/mol. The number of H-pyrrole nitrogens is 1. The first-order chi connectivity index (χ1) is 7.14. The standard InChI is InChI=1S/C11H18N2S2/c1-3-9-7-12-10(14)13(9)8-11(2)5-4-6-15-11/h7H,3-6,8H2,1-2H3,(H,12,14). The Morgan fingerprint density at radius 3 is 3.07 bits per heavy atom. The van der Waals surface area contributed by atoms with Crippen molar-refractivity contribution in [1.29, 1.82) is 0 Å². The van der Waals surface area contributed by atoms with E-state index in [0.717, 1.165) is 17.7 Å². The number of rotatable bonds is 3. The summed E-state index contributed by atoms with van der Waals surface area (Å²) in [7, 11) is 0. The summed E-state index contributed by atoms with van der Waals surface area (Å²) in [5.74, 6) is 1.30. The molecular formula is C11H18N2S2. The highest BCUT2D eigenvalue weighted by molar-refractivity contribution is 8.00. The van der Waals surface area contributed by atoms with E-state index in [4.69, 9.17) is 12.2 Å². The van der Waals surface area contributed by atoms with E-state index in [0.29, 0.717) is 4.75 Å². The van der Waals surface area contributed by atoms with Gasteiger partial charge < -0.3 is 9.55 Å². The van der Waals surface area contributed by atoms with Crippen molar-refractivity contribution in [1.82, 2.24) is 9.55 Å². The lowest BCUT2D eigenvalue weighted by Gasteiger charge is -2.24. The Labute approximate surface area is 100 Å². The average Bonchev–Trinajstić information content (AvgIpc) is 2.76. The monoisotopic (exact) mass is 242 g/mol. The van der Waals surface area contributed by atoms with E-state index in [2.05, 4.69) is 35.2 Å². The van der Waals surface area contributed by atoms with Gasteiger partial charge in [0.2, 0.25) is 0 Å². The largest absolute Gasteiger partial charge is 0.337 e. The van der Waals surface area contributed by atoms with Gasteiger partial charge in [0.1, 0.15) is 0 Å². The Kier molecular flexibility index (Phi) is 3.26. The summed E-state index contributed by atoms with van der Waals surface area (Å²) in [6.07, 6.45) is 5.76. The van der Waals surface area contributed by atoms with Gasteiger partial charge in [0.25, 0.3) is 0 Å². The van der Waals surface area contributed by atoms with Gasteiger partial charge in [0, 0.05) is 23.2 Å². The maximum atomic E-state index is 5.32. The number of nitrogens with one attached hydrogen (secondary N) is 1. The molecule has 0 aromatic carbocycles. The molecule has 1 aliphatic heterocycles. The highest BCUT2D eigenvalue weighted by Gasteiger charge is 2.30. The lowest BCUT2D eigenvalue weighted by Crippen LogP contribution is -2.24. The van der Waals surface area contributed by atoms with Crippen LogP contribution in [0.15, 0.2) is 6.20 Å². The molecule has 1 aromatic rings. The molecule has 2 heterocycles. The van der Waals surface area contributed by atoms with Gasteiger partial charge in [-0.25, -0.2) is 0 Å². The second kappa shape index (κ2) is 4.34. The van der Waals surface area contributed by atoms with Gasteiger partial charge in [-0.1, -0.05) is 6.92 Å². The van der Waals surface area contributed by atoms with Gasteiger partial charge in [0.05, 0.1) is 0 Å². The minimum absolute atomic E-state index is 0.393. The molecule has 1 atom stereocenters. The fraction of sp³-hybridized carbons (Fsp3) is 0.727. The van der Waals surface area contributed by atoms with Crippen LogP contribution >= 0.6 is 24.0 Å². The predicted molar refractivity (Wildman–Crippen MR) is 69.1 cm³/mol. The van der Waals surface area contributed by atoms with Crippen LogP contribution in [0.1, 0.15) is 32.4 Å². The molecule has 2 rings (SSSR count). The number of nitrogens with zero attached hydrogens (tertiary/aromatic N) is 1. The third kappa shape index (κ3) is 2.31. The van der Waals surface area contributed by atoms with Crippen molar-refractivity contribution in [2.75, 3.05) is 5.75 Å². The molecule has 1 aliphatic rings. The van der Waals surface area contributed by atoms with Gasteiger partial charge in [-0.15, -0.1) is 0 Å². The van der Waals surface area contributed by atoms with Crippen LogP contribution in [0.25, 0.3) is 0 Å². The van der Waals surface area contributed by atoms with E-state index in [1.165, 1.54) is 24.3 Å². The first-order valence-electron chi connectivity index (χ1n) is 5.56. The van der Waals surface area contributed by atoms with Crippen LogP contribution in [0, 0.1) is 4.77 Å². The number of imidazole rings is 1. The number of hydrogen-bond acceptors (Lipinski definition) is 2. The molecule has 15 heavy (non-hydrogen) atoms. The van der Waals surface area contributed by atoms with Crippen molar-refractivity contribution in [2.45, 2.75) is 44.4 Å². The quantitative estimate of drug-likeness (QED) is 0.820. The smallest absolute Gasteiger partial charge is 0.177 e. The van der Waals surface area contributed by atoms with Crippen LogP contribution in [0.5, 0.6) is 0 Å². The maximum Gasteiger partial charge on any atom is 0.177 e. The highest BCUT2D eigenvalue weighted by atomic mass is 32.2. The summed E-state index contributed by atoms with van der Waals surface area (Å²) < 4.78 is 3.54. The normalized spacial score (nSPS) is 26.0. The van der Waals surface area contributed by atoms with E-state index in [1.807, 2.05) is 6.20 Å². The van der Waals surface area contributed by atoms with Gasteiger partial charge in [-0.05, 0) is 44.2 Å². The van der Waals surface area contributed by atoms with Crippen LogP contribution in [0.3, 0.4) is 0 Å². The fourth-order valence-corrected chi connectivity index (χ4v) is 3.72. The Morgan fingerprint density at radius 1 is 1.67 bits per heavy atom. The van der Waals surface area contributed by atoms with Crippen LogP contribution in [-0.4, -0.2) is 20.1 Å². The molecule has 0 bridgehead atoms. The first kappa shape index (κ1) is 11.3. The van der Waals surface area contributed by atoms with Crippen molar-refractivity contribution in [2.24, 2.45) is 0 Å². The highest BCUT2D eigenvalue weighted by Crippen LogP contribution is 2.39. The number of hydrogen-bond donors (Lipinski definition) is 1. The second-order valence-corrected chi connectivity index (χ2v) is 6.50. The van der Waals surface area contributed by atoms with Gasteiger partial charge in [-0.3, -0.25) is 0 Å². The minimum Gasteiger partial charge on any atom is -0.337 e. The van der Waals surface area contributed by atoms with Crippen LogP contribution in [0.2, 0.25) is 0 Å². The van der Waals surface area contributed by atoms with Crippen LogP contribution < -0.4 is 0 Å². The molecule has 0 spiro atoms. The molecule has 0 aliphatic carbocycles. The molecule has 2 nitrogen and oxygen atoms in total. The zero-order valence-electron chi connectivity index (χ0n) is 9.38. The predicted octanol–water partition coefficient (Wildman–Crippen LogP) is 3.39. The molecule has 1 N–H and O–H groups in total. The molecule has 1 aromatic heterocycles. The van der Waals surface area contributed by atoms with Crippen molar-refractivity contribution in [3.63, 3.8) is 0 Å². The summed E-state index contributed by atoms with van der Waals surface area (Å²) in [4.78, 5) is 3.15. The second-order valence-electron chi connectivity index (χ2n) is 4.43. The summed E-state index contributed by atoms with van der Waals surface area (Å²) in [6, 6.07) is 0. The summed E-state index contributed by atoms with van der Waals surface area (Å²) in [5.41, 5.74) is 1.33. The minimum atomic E-state index is 0.393. The number of thioether (sulfide) groups is 1. The SMILES string of the molecule is CCc1c[nH]c(=S)n1CC1(C)CCCS1. The third-order valence-corrected chi connectivity index (χ3v) is 4.97. The van der Waals surface area contributed by atoms with Crippen molar-refractivity contribution < 1.29 is 0 Å². The average molecular weight is 242 g/mol. The zero-order valence-corrected chi connectivity index (χ0v) is 11.0. The topological polar surface area (TPSA) is 20.7 Å². The van der Waals surface area contributed by atoms with E-state index in [-0.39, 0.29) is 0 Å². The molecule has 1 fully saturated rings. The molecule has 84 valence electrons. The van der Waals surface area contributed by atoms with E-state index < -0.39 is 0 Å². The van der Waals surface area contributed by atoms with E-state index in [1.54, 1.807) is 0 Å².